The second-order valence-corrected chi connectivity index (χ2v) is 5.48. The van der Waals surface area contributed by atoms with E-state index in [4.69, 9.17) is 0 Å². The molecule has 0 heterocycles. The number of unbranched alkanes of at least 4 members (excludes halogenated alkanes) is 2. The molecule has 0 saturated heterocycles. The molecule has 0 aromatic heterocycles. The van der Waals surface area contributed by atoms with Crippen LogP contribution in [0.3, 0.4) is 0 Å². The Morgan fingerprint density at radius 3 is 2.36 bits per heavy atom. The number of rotatable bonds is 8. The van der Waals surface area contributed by atoms with E-state index in [1.54, 1.807) is 0 Å². The smallest absolute Gasteiger partial charge is 0.191 e. The van der Waals surface area contributed by atoms with Gasteiger partial charge in [-0.3, -0.25) is 4.99 Å². The van der Waals surface area contributed by atoms with Gasteiger partial charge in [-0.2, -0.15) is 0 Å². The quantitative estimate of drug-likeness (QED) is 0.295. The lowest BCUT2D eigenvalue weighted by atomic mass is 10.1. The van der Waals surface area contributed by atoms with Crippen LogP contribution in [0.5, 0.6) is 0 Å². The number of likely N-dealkylation sites (N-methyl/N-ethyl adjacent to an activating group) is 1. The summed E-state index contributed by atoms with van der Waals surface area (Å²) in [6, 6.07) is 10.9. The molecule has 0 radical (unpaired) electrons. The standard InChI is InChI=1S/C17H30N4.HI/c1-5-6-10-13-19-17(18-2)20-14-16(21(3)4)15-11-8-7-9-12-15;/h7-9,11-12,16H,5-6,10,13-14H2,1-4H3,(H2,18,19,20);1H. The van der Waals surface area contributed by atoms with E-state index < -0.39 is 0 Å². The Morgan fingerprint density at radius 2 is 1.82 bits per heavy atom. The van der Waals surface area contributed by atoms with Crippen LogP contribution in [0, 0.1) is 0 Å². The van der Waals surface area contributed by atoms with Crippen LogP contribution < -0.4 is 10.6 Å². The van der Waals surface area contributed by atoms with E-state index >= 15 is 0 Å². The molecule has 0 bridgehead atoms. The molecule has 0 amide bonds. The highest BCUT2D eigenvalue weighted by Crippen LogP contribution is 2.16. The van der Waals surface area contributed by atoms with Crippen LogP contribution in [-0.2, 0) is 0 Å². The van der Waals surface area contributed by atoms with Crippen molar-refractivity contribution < 1.29 is 0 Å². The van der Waals surface area contributed by atoms with E-state index in [0.717, 1.165) is 19.0 Å². The molecule has 4 nitrogen and oxygen atoms in total. The largest absolute Gasteiger partial charge is 0.356 e. The van der Waals surface area contributed by atoms with Gasteiger partial charge in [0.05, 0.1) is 6.04 Å². The molecule has 5 heteroatoms. The highest BCUT2D eigenvalue weighted by atomic mass is 127. The topological polar surface area (TPSA) is 39.7 Å². The third-order valence-electron chi connectivity index (χ3n) is 3.57. The maximum atomic E-state index is 4.29. The van der Waals surface area contributed by atoms with Crippen molar-refractivity contribution in [3.63, 3.8) is 0 Å². The van der Waals surface area contributed by atoms with Gasteiger partial charge in [-0.05, 0) is 26.1 Å². The van der Waals surface area contributed by atoms with Gasteiger partial charge in [-0.1, -0.05) is 50.1 Å². The molecule has 0 aliphatic heterocycles. The summed E-state index contributed by atoms with van der Waals surface area (Å²) in [6.07, 6.45) is 3.69. The lowest BCUT2D eigenvalue weighted by molar-refractivity contribution is 0.298. The molecule has 0 spiro atoms. The number of halogens is 1. The minimum absolute atomic E-state index is 0. The van der Waals surface area contributed by atoms with Crippen LogP contribution in [0.1, 0.15) is 37.8 Å². The number of hydrogen-bond acceptors (Lipinski definition) is 2. The third kappa shape index (κ3) is 7.98. The second-order valence-electron chi connectivity index (χ2n) is 5.48. The molecule has 0 saturated carbocycles. The van der Waals surface area contributed by atoms with Crippen molar-refractivity contribution in [2.24, 2.45) is 4.99 Å². The predicted molar refractivity (Wildman–Crippen MR) is 107 cm³/mol. The van der Waals surface area contributed by atoms with Crippen LogP contribution in [-0.4, -0.2) is 45.1 Å². The molecule has 1 rings (SSSR count). The monoisotopic (exact) mass is 418 g/mol. The first-order valence-electron chi connectivity index (χ1n) is 7.85. The minimum atomic E-state index is 0. The van der Waals surface area contributed by atoms with Crippen molar-refractivity contribution in [2.75, 3.05) is 34.2 Å². The summed E-state index contributed by atoms with van der Waals surface area (Å²) in [5.41, 5.74) is 1.32. The Balaban J connectivity index is 0.00000441. The Morgan fingerprint density at radius 1 is 1.14 bits per heavy atom. The summed E-state index contributed by atoms with van der Waals surface area (Å²) in [5, 5.41) is 6.79. The summed E-state index contributed by atoms with van der Waals surface area (Å²) >= 11 is 0. The van der Waals surface area contributed by atoms with Gasteiger partial charge < -0.3 is 15.5 Å². The minimum Gasteiger partial charge on any atom is -0.356 e. The highest BCUT2D eigenvalue weighted by Gasteiger charge is 2.13. The molecule has 0 aliphatic carbocycles. The van der Waals surface area contributed by atoms with Gasteiger partial charge in [0, 0.05) is 20.1 Å². The number of guanidine groups is 1. The normalized spacial score (nSPS) is 12.7. The molecule has 1 atom stereocenters. The lowest BCUT2D eigenvalue weighted by Gasteiger charge is -2.26. The van der Waals surface area contributed by atoms with E-state index in [2.05, 4.69) is 71.9 Å². The zero-order chi connectivity index (χ0) is 15.5. The number of nitrogens with zero attached hydrogens (tertiary/aromatic N) is 2. The lowest BCUT2D eigenvalue weighted by Crippen LogP contribution is -2.42. The zero-order valence-corrected chi connectivity index (χ0v) is 16.6. The Labute approximate surface area is 152 Å². The van der Waals surface area contributed by atoms with Crippen molar-refractivity contribution in [2.45, 2.75) is 32.2 Å². The van der Waals surface area contributed by atoms with Gasteiger partial charge in [0.25, 0.3) is 0 Å². The third-order valence-corrected chi connectivity index (χ3v) is 3.57. The van der Waals surface area contributed by atoms with Crippen LogP contribution in [0.25, 0.3) is 0 Å². The van der Waals surface area contributed by atoms with Crippen molar-refractivity contribution in [1.82, 2.24) is 15.5 Å². The SMILES string of the molecule is CCCCCNC(=NC)NCC(c1ccccc1)N(C)C.I. The van der Waals surface area contributed by atoms with Crippen LogP contribution in [0.4, 0.5) is 0 Å². The molecule has 2 N–H and O–H groups in total. The molecule has 1 aromatic carbocycles. The number of aliphatic imine (C=N–C) groups is 1. The van der Waals surface area contributed by atoms with Gasteiger partial charge in [0.1, 0.15) is 0 Å². The molecular weight excluding hydrogens is 387 g/mol. The van der Waals surface area contributed by atoms with E-state index in [9.17, 15) is 0 Å². The molecule has 1 unspecified atom stereocenters. The molecule has 1 aromatic rings. The average molecular weight is 418 g/mol. The Hall–Kier alpha value is -0.820. The number of hydrogen-bond donors (Lipinski definition) is 2. The average Bonchev–Trinajstić information content (AvgIpc) is 2.50. The van der Waals surface area contributed by atoms with E-state index in [0.29, 0.717) is 6.04 Å². The second kappa shape index (κ2) is 12.7. The Bertz CT molecular complexity index is 406. The fraction of sp³-hybridized carbons (Fsp3) is 0.588. The van der Waals surface area contributed by atoms with Gasteiger partial charge in [0.15, 0.2) is 5.96 Å². The van der Waals surface area contributed by atoms with Crippen molar-refractivity contribution in [3.8, 4) is 0 Å². The molecule has 126 valence electrons. The predicted octanol–water partition coefficient (Wildman–Crippen LogP) is 3.26. The maximum absolute atomic E-state index is 4.29. The van der Waals surface area contributed by atoms with Crippen LogP contribution in [0.2, 0.25) is 0 Å². The molecule has 0 fully saturated rings. The summed E-state index contributed by atoms with van der Waals surface area (Å²) in [6.45, 7) is 4.03. The summed E-state index contributed by atoms with van der Waals surface area (Å²) in [7, 11) is 6.04. The van der Waals surface area contributed by atoms with E-state index in [-0.39, 0.29) is 24.0 Å². The fourth-order valence-electron chi connectivity index (χ4n) is 2.27. The number of benzene rings is 1. The molecule has 0 aliphatic rings. The van der Waals surface area contributed by atoms with Crippen molar-refractivity contribution in [1.29, 1.82) is 0 Å². The highest BCUT2D eigenvalue weighted by molar-refractivity contribution is 14.0. The van der Waals surface area contributed by atoms with Gasteiger partial charge in [0.2, 0.25) is 0 Å². The van der Waals surface area contributed by atoms with E-state index in [1.165, 1.54) is 24.8 Å². The summed E-state index contributed by atoms with van der Waals surface area (Å²) in [4.78, 5) is 6.52. The summed E-state index contributed by atoms with van der Waals surface area (Å²) < 4.78 is 0. The van der Waals surface area contributed by atoms with Crippen molar-refractivity contribution >= 4 is 29.9 Å². The Kier molecular flexibility index (Phi) is 12.2. The van der Waals surface area contributed by atoms with Crippen LogP contribution in [0.15, 0.2) is 35.3 Å². The van der Waals surface area contributed by atoms with E-state index in [1.807, 2.05) is 7.05 Å². The summed E-state index contributed by atoms with van der Waals surface area (Å²) in [5.74, 6) is 0.883. The first-order chi connectivity index (χ1) is 10.2. The fourth-order valence-corrected chi connectivity index (χ4v) is 2.27. The first-order valence-corrected chi connectivity index (χ1v) is 7.85. The zero-order valence-electron chi connectivity index (χ0n) is 14.3. The van der Waals surface area contributed by atoms with Gasteiger partial charge in [-0.25, -0.2) is 0 Å². The van der Waals surface area contributed by atoms with Crippen molar-refractivity contribution in [3.05, 3.63) is 35.9 Å². The van der Waals surface area contributed by atoms with Gasteiger partial charge in [-0.15, -0.1) is 24.0 Å². The maximum Gasteiger partial charge on any atom is 0.191 e. The van der Waals surface area contributed by atoms with Crippen LogP contribution >= 0.6 is 24.0 Å². The number of nitrogens with one attached hydrogen (secondary N) is 2. The first kappa shape index (κ1) is 21.2. The molecular formula is C17H31IN4. The van der Waals surface area contributed by atoms with Gasteiger partial charge >= 0.3 is 0 Å². The molecule has 22 heavy (non-hydrogen) atoms.